The van der Waals surface area contributed by atoms with Crippen molar-refractivity contribution in [1.82, 2.24) is 9.38 Å². The van der Waals surface area contributed by atoms with Gasteiger partial charge in [-0.3, -0.25) is 0 Å². The quantitative estimate of drug-likeness (QED) is 0.729. The molecule has 2 aliphatic carbocycles. The van der Waals surface area contributed by atoms with Crippen LogP contribution in [0, 0.1) is 18.8 Å². The van der Waals surface area contributed by atoms with Crippen molar-refractivity contribution in [3.8, 4) is 0 Å². The smallest absolute Gasteiger partial charge is 0.0994 e. The zero-order chi connectivity index (χ0) is 11.6. The standard InChI is InChI=1S/C15H18N2/c1-10-6-11-8-16-9-17(11)14(7-10)15(2)12-4-3-5-13(12)15/h6-9,12-13H,3-5H2,1-2H3. The van der Waals surface area contributed by atoms with Gasteiger partial charge in [0.05, 0.1) is 18.0 Å². The number of nitrogens with zero attached hydrogens (tertiary/aromatic N) is 2. The predicted molar refractivity (Wildman–Crippen MR) is 68.1 cm³/mol. The number of aromatic nitrogens is 2. The Morgan fingerprint density at radius 2 is 2.06 bits per heavy atom. The third-order valence-electron chi connectivity index (χ3n) is 5.17. The van der Waals surface area contributed by atoms with Gasteiger partial charge in [0.15, 0.2) is 0 Å². The molecule has 17 heavy (non-hydrogen) atoms. The van der Waals surface area contributed by atoms with E-state index in [1.165, 1.54) is 36.0 Å². The van der Waals surface area contributed by atoms with Crippen molar-refractivity contribution >= 4 is 5.52 Å². The van der Waals surface area contributed by atoms with Crippen molar-refractivity contribution in [2.45, 2.75) is 38.5 Å². The van der Waals surface area contributed by atoms with Crippen molar-refractivity contribution in [3.63, 3.8) is 0 Å². The van der Waals surface area contributed by atoms with Gasteiger partial charge in [0.2, 0.25) is 0 Å². The third kappa shape index (κ3) is 1.09. The van der Waals surface area contributed by atoms with Crippen LogP contribution in [0.1, 0.15) is 37.4 Å². The molecule has 0 aliphatic heterocycles. The first-order chi connectivity index (χ1) is 8.21. The summed E-state index contributed by atoms with van der Waals surface area (Å²) in [7, 11) is 0. The number of hydrogen-bond acceptors (Lipinski definition) is 1. The summed E-state index contributed by atoms with van der Waals surface area (Å²) in [4.78, 5) is 4.30. The number of pyridine rings is 1. The molecule has 2 unspecified atom stereocenters. The summed E-state index contributed by atoms with van der Waals surface area (Å²) in [5.74, 6) is 1.85. The molecular weight excluding hydrogens is 208 g/mol. The largest absolute Gasteiger partial charge is 0.303 e. The van der Waals surface area contributed by atoms with Gasteiger partial charge in [-0.15, -0.1) is 0 Å². The van der Waals surface area contributed by atoms with Crippen molar-refractivity contribution in [2.75, 3.05) is 0 Å². The van der Waals surface area contributed by atoms with Crippen LogP contribution in [0.25, 0.3) is 5.52 Å². The van der Waals surface area contributed by atoms with E-state index in [1.807, 2.05) is 12.5 Å². The van der Waals surface area contributed by atoms with Crippen LogP contribution in [0.15, 0.2) is 24.7 Å². The Kier molecular flexibility index (Phi) is 1.67. The summed E-state index contributed by atoms with van der Waals surface area (Å²) in [5, 5.41) is 0. The molecule has 0 bridgehead atoms. The Labute approximate surface area is 102 Å². The van der Waals surface area contributed by atoms with Gasteiger partial charge in [-0.2, -0.15) is 0 Å². The summed E-state index contributed by atoms with van der Waals surface area (Å²) >= 11 is 0. The minimum Gasteiger partial charge on any atom is -0.303 e. The molecule has 2 nitrogen and oxygen atoms in total. The van der Waals surface area contributed by atoms with E-state index in [9.17, 15) is 0 Å². The van der Waals surface area contributed by atoms with E-state index < -0.39 is 0 Å². The van der Waals surface area contributed by atoms with E-state index in [2.05, 4.69) is 35.4 Å². The Bertz CT molecular complexity index is 586. The molecule has 2 aromatic heterocycles. The molecule has 2 saturated carbocycles. The summed E-state index contributed by atoms with van der Waals surface area (Å²) in [6.45, 7) is 4.65. The minimum atomic E-state index is 0.420. The van der Waals surface area contributed by atoms with E-state index in [1.54, 1.807) is 0 Å². The third-order valence-corrected chi connectivity index (χ3v) is 5.17. The molecule has 0 amide bonds. The Hall–Kier alpha value is -1.31. The molecule has 88 valence electrons. The van der Waals surface area contributed by atoms with Crippen LogP contribution >= 0.6 is 0 Å². The van der Waals surface area contributed by atoms with E-state index >= 15 is 0 Å². The summed E-state index contributed by atoms with van der Waals surface area (Å²) in [6.07, 6.45) is 8.22. The van der Waals surface area contributed by atoms with E-state index in [0.29, 0.717) is 5.41 Å². The Morgan fingerprint density at radius 3 is 2.82 bits per heavy atom. The summed E-state index contributed by atoms with van der Waals surface area (Å²) in [5.41, 5.74) is 4.51. The van der Waals surface area contributed by atoms with Gasteiger partial charge < -0.3 is 4.40 Å². The van der Waals surface area contributed by atoms with Gasteiger partial charge in [0.25, 0.3) is 0 Å². The maximum absolute atomic E-state index is 4.30. The normalized spacial score (nSPS) is 35.2. The molecule has 0 saturated heterocycles. The van der Waals surface area contributed by atoms with E-state index in [-0.39, 0.29) is 0 Å². The first kappa shape index (κ1) is 9.69. The van der Waals surface area contributed by atoms with Crippen LogP contribution in [-0.2, 0) is 5.41 Å². The topological polar surface area (TPSA) is 17.3 Å². The van der Waals surface area contributed by atoms with E-state index in [0.717, 1.165) is 11.8 Å². The van der Waals surface area contributed by atoms with Crippen molar-refractivity contribution in [3.05, 3.63) is 35.9 Å². The summed E-state index contributed by atoms with van der Waals surface area (Å²) < 4.78 is 2.30. The van der Waals surface area contributed by atoms with Crippen LogP contribution in [0.5, 0.6) is 0 Å². The molecule has 2 heterocycles. The lowest BCUT2D eigenvalue weighted by molar-refractivity contribution is 0.531. The van der Waals surface area contributed by atoms with Crippen LogP contribution in [0.2, 0.25) is 0 Å². The average molecular weight is 226 g/mol. The predicted octanol–water partition coefficient (Wildman–Crippen LogP) is 3.33. The molecular formula is C15H18N2. The van der Waals surface area contributed by atoms with Gasteiger partial charge in [0, 0.05) is 11.1 Å². The SMILES string of the molecule is Cc1cc(C2(C)C3CCCC32)n2cncc2c1. The highest BCUT2D eigenvalue weighted by Crippen LogP contribution is 2.67. The van der Waals surface area contributed by atoms with Crippen LogP contribution in [0.4, 0.5) is 0 Å². The molecule has 0 spiro atoms. The van der Waals surface area contributed by atoms with Gasteiger partial charge >= 0.3 is 0 Å². The average Bonchev–Trinajstić information content (AvgIpc) is 2.79. The number of rotatable bonds is 1. The Morgan fingerprint density at radius 1 is 1.29 bits per heavy atom. The second kappa shape index (κ2) is 2.92. The minimum absolute atomic E-state index is 0.420. The van der Waals surface area contributed by atoms with E-state index in [4.69, 9.17) is 0 Å². The molecule has 2 atom stereocenters. The lowest BCUT2D eigenvalue weighted by Crippen LogP contribution is -2.14. The lowest BCUT2D eigenvalue weighted by atomic mass is 9.92. The molecule has 0 radical (unpaired) electrons. The molecule has 2 fully saturated rings. The number of hydrogen-bond donors (Lipinski definition) is 0. The highest BCUT2D eigenvalue weighted by atomic mass is 15.0. The lowest BCUT2D eigenvalue weighted by Gasteiger charge is -2.18. The van der Waals surface area contributed by atoms with Gasteiger partial charge in [0.1, 0.15) is 0 Å². The maximum atomic E-state index is 4.30. The first-order valence-corrected chi connectivity index (χ1v) is 6.64. The van der Waals surface area contributed by atoms with Crippen LogP contribution in [0.3, 0.4) is 0 Å². The van der Waals surface area contributed by atoms with Crippen molar-refractivity contribution in [2.24, 2.45) is 11.8 Å². The fourth-order valence-corrected chi connectivity index (χ4v) is 4.23. The van der Waals surface area contributed by atoms with Crippen molar-refractivity contribution < 1.29 is 0 Å². The highest BCUT2D eigenvalue weighted by molar-refractivity contribution is 5.51. The van der Waals surface area contributed by atoms with Gasteiger partial charge in [-0.05, 0) is 49.3 Å². The zero-order valence-corrected chi connectivity index (χ0v) is 10.5. The molecule has 0 aromatic carbocycles. The number of aryl methyl sites for hydroxylation is 1. The monoisotopic (exact) mass is 226 g/mol. The second-order valence-corrected chi connectivity index (χ2v) is 6.03. The molecule has 2 aromatic rings. The first-order valence-electron chi connectivity index (χ1n) is 6.64. The number of fused-ring (bicyclic) bond motifs is 2. The van der Waals surface area contributed by atoms with Gasteiger partial charge in [-0.25, -0.2) is 4.98 Å². The molecule has 2 heteroatoms. The maximum Gasteiger partial charge on any atom is 0.0994 e. The molecule has 2 aliphatic rings. The van der Waals surface area contributed by atoms with Crippen LogP contribution < -0.4 is 0 Å². The molecule has 0 N–H and O–H groups in total. The molecule has 4 rings (SSSR count). The van der Waals surface area contributed by atoms with Crippen LogP contribution in [-0.4, -0.2) is 9.38 Å². The summed E-state index contributed by atoms with van der Waals surface area (Å²) in [6, 6.07) is 4.59. The Balaban J connectivity index is 1.94. The fraction of sp³-hybridized carbons (Fsp3) is 0.533. The zero-order valence-electron chi connectivity index (χ0n) is 10.5. The van der Waals surface area contributed by atoms with Gasteiger partial charge in [-0.1, -0.05) is 13.3 Å². The highest BCUT2D eigenvalue weighted by Gasteiger charge is 2.64. The van der Waals surface area contributed by atoms with Crippen molar-refractivity contribution in [1.29, 1.82) is 0 Å². The number of imidazole rings is 1. The second-order valence-electron chi connectivity index (χ2n) is 6.03. The fourth-order valence-electron chi connectivity index (χ4n) is 4.23.